The molecule has 0 saturated heterocycles. The van der Waals surface area contributed by atoms with Gasteiger partial charge in [-0.05, 0) is 66.9 Å². The topological polar surface area (TPSA) is 66.5 Å². The highest BCUT2D eigenvalue weighted by molar-refractivity contribution is 7.98. The molecule has 3 aromatic rings. The Balaban J connectivity index is 1.94. The molecule has 0 unspecified atom stereocenters. The Bertz CT molecular complexity index is 1210. The Morgan fingerprint density at radius 3 is 2.39 bits per heavy atom. The molecule has 0 saturated carbocycles. The van der Waals surface area contributed by atoms with Gasteiger partial charge in [0.15, 0.2) is 0 Å². The summed E-state index contributed by atoms with van der Waals surface area (Å²) >= 11 is 7.17. The zero-order valence-corrected chi connectivity index (χ0v) is 18.6. The third-order valence-corrected chi connectivity index (χ3v) is 7.06. The lowest BCUT2D eigenvalue weighted by molar-refractivity contribution is -0.114. The van der Waals surface area contributed by atoms with Crippen molar-refractivity contribution in [2.24, 2.45) is 0 Å². The summed E-state index contributed by atoms with van der Waals surface area (Å²) in [5, 5.41) is 2.28. The number of benzene rings is 3. The maximum atomic E-state index is 13.8. The largest absolute Gasteiger partial charge is 0.324 e. The fourth-order valence-electron chi connectivity index (χ4n) is 2.73. The predicted molar refractivity (Wildman–Crippen MR) is 119 cm³/mol. The predicted octanol–water partition coefficient (Wildman–Crippen LogP) is 5.17. The van der Waals surface area contributed by atoms with Gasteiger partial charge >= 0.3 is 0 Å². The van der Waals surface area contributed by atoms with E-state index < -0.39 is 34.1 Å². The number of carbonyl (C=O) groups is 1. The lowest BCUT2D eigenvalue weighted by Gasteiger charge is -2.24. The van der Waals surface area contributed by atoms with Crippen LogP contribution in [0.4, 0.5) is 20.2 Å². The monoisotopic (exact) mass is 482 g/mol. The maximum absolute atomic E-state index is 13.8. The van der Waals surface area contributed by atoms with Gasteiger partial charge in [-0.1, -0.05) is 17.7 Å². The average Bonchev–Trinajstić information content (AvgIpc) is 2.74. The zero-order chi connectivity index (χ0) is 22.6. The molecule has 0 aliphatic carbocycles. The summed E-state index contributed by atoms with van der Waals surface area (Å²) in [6.07, 6.45) is 1.86. The molecule has 0 bridgehead atoms. The van der Waals surface area contributed by atoms with E-state index in [1.54, 1.807) is 12.1 Å². The lowest BCUT2D eigenvalue weighted by Crippen LogP contribution is -2.38. The molecular formula is C21H17ClF2N2O3S2. The van der Waals surface area contributed by atoms with Gasteiger partial charge in [0.1, 0.15) is 18.2 Å². The van der Waals surface area contributed by atoms with E-state index in [2.05, 4.69) is 5.32 Å². The molecule has 10 heteroatoms. The van der Waals surface area contributed by atoms with Crippen LogP contribution in [0.15, 0.2) is 76.5 Å². The van der Waals surface area contributed by atoms with Crippen molar-refractivity contribution < 1.29 is 22.0 Å². The van der Waals surface area contributed by atoms with Crippen molar-refractivity contribution in [2.75, 3.05) is 22.4 Å². The van der Waals surface area contributed by atoms with Crippen LogP contribution >= 0.6 is 23.4 Å². The Morgan fingerprint density at radius 2 is 1.77 bits per heavy atom. The van der Waals surface area contributed by atoms with E-state index in [9.17, 15) is 22.0 Å². The molecular weight excluding hydrogens is 466 g/mol. The number of hydrogen-bond donors (Lipinski definition) is 1. The number of amides is 1. The highest BCUT2D eigenvalue weighted by Gasteiger charge is 2.27. The van der Waals surface area contributed by atoms with E-state index >= 15 is 0 Å². The highest BCUT2D eigenvalue weighted by atomic mass is 35.5. The molecule has 31 heavy (non-hydrogen) atoms. The van der Waals surface area contributed by atoms with Crippen molar-refractivity contribution in [1.29, 1.82) is 0 Å². The molecule has 0 fully saturated rings. The van der Waals surface area contributed by atoms with Crippen LogP contribution in [-0.2, 0) is 14.8 Å². The summed E-state index contributed by atoms with van der Waals surface area (Å²) in [6, 6.07) is 14.6. The van der Waals surface area contributed by atoms with Crippen molar-refractivity contribution in [1.82, 2.24) is 0 Å². The Kier molecular flexibility index (Phi) is 7.19. The van der Waals surface area contributed by atoms with Gasteiger partial charge in [0.2, 0.25) is 5.91 Å². The summed E-state index contributed by atoms with van der Waals surface area (Å²) in [4.78, 5) is 13.4. The maximum Gasteiger partial charge on any atom is 0.264 e. The first-order valence-corrected chi connectivity index (χ1v) is 11.9. The van der Waals surface area contributed by atoms with E-state index in [0.717, 1.165) is 21.3 Å². The van der Waals surface area contributed by atoms with Crippen LogP contribution in [0.3, 0.4) is 0 Å². The van der Waals surface area contributed by atoms with Gasteiger partial charge in [0.05, 0.1) is 15.6 Å². The minimum atomic E-state index is -4.19. The molecule has 162 valence electrons. The van der Waals surface area contributed by atoms with E-state index in [-0.39, 0.29) is 21.3 Å². The smallest absolute Gasteiger partial charge is 0.264 e. The number of rotatable bonds is 7. The van der Waals surface area contributed by atoms with Crippen LogP contribution in [0, 0.1) is 11.6 Å². The van der Waals surface area contributed by atoms with Crippen LogP contribution in [0.1, 0.15) is 0 Å². The van der Waals surface area contributed by atoms with Crippen LogP contribution in [0.2, 0.25) is 5.02 Å². The summed E-state index contributed by atoms with van der Waals surface area (Å²) in [5.74, 6) is -2.02. The molecule has 0 atom stereocenters. The standard InChI is InChI=1S/C21H17ClF2N2O3S2/c1-30-17-6-8-18(9-7-17)31(28,29)26(16-4-2-3-14(23)11-16)13-21(27)25-15-5-10-20(24)19(22)12-15/h2-12H,13H2,1H3,(H,25,27). The molecule has 1 N–H and O–H groups in total. The normalized spacial score (nSPS) is 11.2. The second-order valence-corrected chi connectivity index (χ2v) is 9.49. The molecule has 5 nitrogen and oxygen atoms in total. The van der Waals surface area contributed by atoms with Crippen molar-refractivity contribution in [3.8, 4) is 0 Å². The fourth-order valence-corrected chi connectivity index (χ4v) is 4.73. The van der Waals surface area contributed by atoms with Crippen LogP contribution in [0.5, 0.6) is 0 Å². The third kappa shape index (κ3) is 5.55. The first kappa shape index (κ1) is 23.1. The summed E-state index contributed by atoms with van der Waals surface area (Å²) < 4.78 is 54.5. The SMILES string of the molecule is CSc1ccc(S(=O)(=O)N(CC(=O)Nc2ccc(F)c(Cl)c2)c2cccc(F)c2)cc1. The van der Waals surface area contributed by atoms with E-state index in [0.29, 0.717) is 0 Å². The van der Waals surface area contributed by atoms with Gasteiger partial charge in [0.25, 0.3) is 10.0 Å². The first-order valence-electron chi connectivity index (χ1n) is 8.88. The molecule has 0 aromatic heterocycles. The molecule has 3 aromatic carbocycles. The minimum absolute atomic E-state index is 0.0127. The van der Waals surface area contributed by atoms with Gasteiger partial charge in [-0.3, -0.25) is 9.10 Å². The molecule has 3 rings (SSSR count). The van der Waals surface area contributed by atoms with Crippen LogP contribution in [0.25, 0.3) is 0 Å². The summed E-state index contributed by atoms with van der Waals surface area (Å²) in [5.41, 5.74) is 0.179. The number of sulfonamides is 1. The Hall–Kier alpha value is -2.62. The van der Waals surface area contributed by atoms with Crippen LogP contribution < -0.4 is 9.62 Å². The zero-order valence-electron chi connectivity index (χ0n) is 16.2. The lowest BCUT2D eigenvalue weighted by atomic mass is 10.3. The van der Waals surface area contributed by atoms with Crippen LogP contribution in [-0.4, -0.2) is 27.1 Å². The van der Waals surface area contributed by atoms with Gasteiger partial charge in [-0.25, -0.2) is 17.2 Å². The molecule has 0 radical (unpaired) electrons. The molecule has 0 aliphatic rings. The van der Waals surface area contributed by atoms with Gasteiger partial charge < -0.3 is 5.32 Å². The second kappa shape index (κ2) is 9.67. The molecule has 1 amide bonds. The van der Waals surface area contributed by atoms with Crippen molar-refractivity contribution >= 4 is 50.7 Å². The van der Waals surface area contributed by atoms with Gasteiger partial charge in [-0.2, -0.15) is 0 Å². The number of hydrogen-bond acceptors (Lipinski definition) is 4. The number of nitrogens with zero attached hydrogens (tertiary/aromatic N) is 1. The minimum Gasteiger partial charge on any atom is -0.324 e. The Labute approximate surface area is 188 Å². The van der Waals surface area contributed by atoms with Crippen molar-refractivity contribution in [2.45, 2.75) is 9.79 Å². The summed E-state index contributed by atoms with van der Waals surface area (Å²) in [7, 11) is -4.19. The van der Waals surface area contributed by atoms with Gasteiger partial charge in [0, 0.05) is 10.6 Å². The first-order chi connectivity index (χ1) is 14.7. The van der Waals surface area contributed by atoms with E-state index in [4.69, 9.17) is 11.6 Å². The highest BCUT2D eigenvalue weighted by Crippen LogP contribution is 2.26. The van der Waals surface area contributed by atoms with Crippen molar-refractivity contribution in [3.05, 3.63) is 83.4 Å². The van der Waals surface area contributed by atoms with Crippen molar-refractivity contribution in [3.63, 3.8) is 0 Å². The number of thioether (sulfide) groups is 1. The average molecular weight is 483 g/mol. The quantitative estimate of drug-likeness (QED) is 0.471. The molecule has 0 aliphatic heterocycles. The number of carbonyl (C=O) groups excluding carboxylic acids is 1. The number of nitrogens with one attached hydrogen (secondary N) is 1. The summed E-state index contributed by atoms with van der Waals surface area (Å²) in [6.45, 7) is -0.634. The van der Waals surface area contributed by atoms with E-state index in [1.165, 1.54) is 54.2 Å². The van der Waals surface area contributed by atoms with Gasteiger partial charge in [-0.15, -0.1) is 11.8 Å². The molecule has 0 spiro atoms. The number of halogens is 3. The third-order valence-electron chi connectivity index (χ3n) is 4.23. The van der Waals surface area contributed by atoms with E-state index in [1.807, 2.05) is 6.26 Å². The fraction of sp³-hybridized carbons (Fsp3) is 0.0952. The molecule has 0 heterocycles. The number of anilines is 2. The second-order valence-electron chi connectivity index (χ2n) is 6.34. The Morgan fingerprint density at radius 1 is 1.06 bits per heavy atom.